The third kappa shape index (κ3) is 3.06. The van der Waals surface area contributed by atoms with Crippen molar-refractivity contribution in [2.45, 2.75) is 32.5 Å². The molecule has 4 rings (SSSR count). The van der Waals surface area contributed by atoms with Gasteiger partial charge >= 0.3 is 6.18 Å². The molecule has 0 fully saturated rings. The summed E-state index contributed by atoms with van der Waals surface area (Å²) in [7, 11) is 0. The van der Waals surface area contributed by atoms with Crippen LogP contribution in [0.15, 0.2) is 54.7 Å². The zero-order valence-electron chi connectivity index (χ0n) is 15.2. The summed E-state index contributed by atoms with van der Waals surface area (Å²) in [5, 5.41) is 13.0. The van der Waals surface area contributed by atoms with Crippen LogP contribution in [-0.2, 0) is 19.1 Å². The molecule has 1 aliphatic heterocycles. The van der Waals surface area contributed by atoms with Gasteiger partial charge in [0.15, 0.2) is 5.82 Å². The lowest BCUT2D eigenvalue weighted by Crippen LogP contribution is -2.18. The first-order chi connectivity index (χ1) is 13.4. The summed E-state index contributed by atoms with van der Waals surface area (Å²) < 4.78 is 42.8. The minimum Gasteiger partial charge on any atom is -0.623 e. The lowest BCUT2D eigenvalue weighted by atomic mass is 9.98. The average Bonchev–Trinajstić information content (AvgIpc) is 2.99. The van der Waals surface area contributed by atoms with Crippen LogP contribution in [0.5, 0.6) is 0 Å². The number of halogens is 3. The SMILES string of the molecule is CCCc1cnc2n1-c1ccc(C(F)(F)F)cc1C(c1ccccc1)=[N+]([O-])C2. The first-order valence-corrected chi connectivity index (χ1v) is 9.04. The van der Waals surface area contributed by atoms with Crippen molar-refractivity contribution in [2.24, 2.45) is 0 Å². The molecule has 0 saturated heterocycles. The van der Waals surface area contributed by atoms with Crippen LogP contribution in [0, 0.1) is 5.21 Å². The van der Waals surface area contributed by atoms with E-state index in [4.69, 9.17) is 0 Å². The summed E-state index contributed by atoms with van der Waals surface area (Å²) in [6.45, 7) is 1.98. The van der Waals surface area contributed by atoms with Crippen molar-refractivity contribution < 1.29 is 17.9 Å². The molecule has 2 aromatic carbocycles. The first-order valence-electron chi connectivity index (χ1n) is 9.04. The van der Waals surface area contributed by atoms with E-state index >= 15 is 0 Å². The molecular weight excluding hydrogens is 367 g/mol. The van der Waals surface area contributed by atoms with Gasteiger partial charge in [0.25, 0.3) is 0 Å². The molecule has 0 amide bonds. The van der Waals surface area contributed by atoms with E-state index < -0.39 is 11.7 Å². The monoisotopic (exact) mass is 385 g/mol. The molecule has 0 aliphatic carbocycles. The lowest BCUT2D eigenvalue weighted by Gasteiger charge is -2.15. The molecule has 0 N–H and O–H groups in total. The molecule has 0 atom stereocenters. The van der Waals surface area contributed by atoms with Crippen LogP contribution < -0.4 is 0 Å². The van der Waals surface area contributed by atoms with Crippen LogP contribution in [0.4, 0.5) is 13.2 Å². The molecule has 0 unspecified atom stereocenters. The highest BCUT2D eigenvalue weighted by Gasteiger charge is 2.35. The number of hydrogen-bond donors (Lipinski definition) is 0. The predicted octanol–water partition coefficient (Wildman–Crippen LogP) is 4.70. The normalized spacial score (nSPS) is 13.9. The second-order valence-corrected chi connectivity index (χ2v) is 6.73. The highest BCUT2D eigenvalue weighted by Crippen LogP contribution is 2.34. The van der Waals surface area contributed by atoms with E-state index in [2.05, 4.69) is 4.98 Å². The molecule has 0 saturated carbocycles. The van der Waals surface area contributed by atoms with Crippen LogP contribution in [-0.4, -0.2) is 20.0 Å². The van der Waals surface area contributed by atoms with Gasteiger partial charge in [-0.2, -0.15) is 17.9 Å². The van der Waals surface area contributed by atoms with Gasteiger partial charge in [-0.3, -0.25) is 4.57 Å². The van der Waals surface area contributed by atoms with Crippen LogP contribution in [0.3, 0.4) is 0 Å². The van der Waals surface area contributed by atoms with E-state index in [9.17, 15) is 18.4 Å². The molecule has 7 heteroatoms. The fourth-order valence-electron chi connectivity index (χ4n) is 3.60. The highest BCUT2D eigenvalue weighted by molar-refractivity contribution is 6.12. The number of imidazole rings is 1. The van der Waals surface area contributed by atoms with Crippen molar-refractivity contribution in [3.05, 3.63) is 88.1 Å². The van der Waals surface area contributed by atoms with E-state index in [1.54, 1.807) is 36.5 Å². The number of hydroxylamine groups is 1. The summed E-state index contributed by atoms with van der Waals surface area (Å²) in [5.74, 6) is 0.519. The van der Waals surface area contributed by atoms with Crippen molar-refractivity contribution >= 4 is 5.71 Å². The van der Waals surface area contributed by atoms with E-state index in [1.165, 1.54) is 6.07 Å². The summed E-state index contributed by atoms with van der Waals surface area (Å²) in [5.41, 5.74) is 1.68. The highest BCUT2D eigenvalue weighted by atomic mass is 19.4. The molecule has 2 heterocycles. The van der Waals surface area contributed by atoms with E-state index in [0.717, 1.165) is 29.0 Å². The van der Waals surface area contributed by atoms with Gasteiger partial charge in [0.05, 0.1) is 16.8 Å². The van der Waals surface area contributed by atoms with Gasteiger partial charge in [-0.1, -0.05) is 31.5 Å². The minimum absolute atomic E-state index is 0.0377. The number of rotatable bonds is 3. The predicted molar refractivity (Wildman–Crippen MR) is 99.5 cm³/mol. The number of alkyl halides is 3. The molecule has 1 aromatic heterocycles. The van der Waals surface area contributed by atoms with Gasteiger partial charge < -0.3 is 5.21 Å². The summed E-state index contributed by atoms with van der Waals surface area (Å²) >= 11 is 0. The molecule has 1 aliphatic rings. The van der Waals surface area contributed by atoms with Gasteiger partial charge in [-0.15, -0.1) is 0 Å². The maximum absolute atomic E-state index is 13.4. The number of hydrogen-bond acceptors (Lipinski definition) is 2. The second-order valence-electron chi connectivity index (χ2n) is 6.73. The number of nitrogens with zero attached hydrogens (tertiary/aromatic N) is 3. The van der Waals surface area contributed by atoms with Crippen molar-refractivity contribution in [1.29, 1.82) is 0 Å². The largest absolute Gasteiger partial charge is 0.623 e. The third-order valence-corrected chi connectivity index (χ3v) is 4.82. The Hall–Kier alpha value is -3.09. The molecule has 0 bridgehead atoms. The van der Waals surface area contributed by atoms with Crippen molar-refractivity contribution in [3.63, 3.8) is 0 Å². The van der Waals surface area contributed by atoms with Gasteiger partial charge in [0, 0.05) is 17.5 Å². The Morgan fingerprint density at radius 1 is 1.14 bits per heavy atom. The summed E-state index contributed by atoms with van der Waals surface area (Å²) in [4.78, 5) is 4.37. The smallest absolute Gasteiger partial charge is 0.416 e. The van der Waals surface area contributed by atoms with E-state index in [-0.39, 0.29) is 17.8 Å². The summed E-state index contributed by atoms with van der Waals surface area (Å²) in [6, 6.07) is 12.3. The zero-order chi connectivity index (χ0) is 19.9. The number of benzene rings is 2. The second kappa shape index (κ2) is 6.82. The molecule has 0 radical (unpaired) electrons. The minimum atomic E-state index is -4.50. The van der Waals surface area contributed by atoms with Gasteiger partial charge in [0.1, 0.15) is 0 Å². The van der Waals surface area contributed by atoms with Gasteiger partial charge in [0.2, 0.25) is 12.3 Å². The Morgan fingerprint density at radius 2 is 1.89 bits per heavy atom. The topological polar surface area (TPSA) is 43.9 Å². The number of fused-ring (bicyclic) bond motifs is 3. The first kappa shape index (κ1) is 18.3. The van der Waals surface area contributed by atoms with Crippen LogP contribution in [0.1, 0.15) is 41.6 Å². The fraction of sp³-hybridized carbons (Fsp3) is 0.238. The Morgan fingerprint density at radius 3 is 2.57 bits per heavy atom. The Labute approximate surface area is 160 Å². The van der Waals surface area contributed by atoms with Crippen molar-refractivity contribution in [2.75, 3.05) is 0 Å². The summed E-state index contributed by atoms with van der Waals surface area (Å²) in [6.07, 6.45) is -1.23. The van der Waals surface area contributed by atoms with Gasteiger partial charge in [-0.05, 0) is 36.8 Å². The fourth-order valence-corrected chi connectivity index (χ4v) is 3.60. The molecule has 144 valence electrons. The molecular formula is C21H18F3N3O. The average molecular weight is 385 g/mol. The standard InChI is InChI=1S/C21H18F3N3O/c1-2-6-16-12-25-19-13-26(28)20(14-7-4-3-5-8-14)17-11-15(21(22,23)24)9-10-18(17)27(16)19/h3-5,7-12H,2,6,13H2,1H3. The molecule has 28 heavy (non-hydrogen) atoms. The quantitative estimate of drug-likeness (QED) is 0.484. The van der Waals surface area contributed by atoms with Crippen molar-refractivity contribution in [3.8, 4) is 5.69 Å². The van der Waals surface area contributed by atoms with E-state index in [0.29, 0.717) is 23.5 Å². The van der Waals surface area contributed by atoms with E-state index in [1.807, 2.05) is 11.5 Å². The Bertz CT molecular complexity index is 1050. The third-order valence-electron chi connectivity index (χ3n) is 4.82. The zero-order valence-corrected chi connectivity index (χ0v) is 15.2. The lowest BCUT2D eigenvalue weighted by molar-refractivity contribution is -0.475. The molecule has 0 spiro atoms. The van der Waals surface area contributed by atoms with Crippen molar-refractivity contribution in [1.82, 2.24) is 9.55 Å². The number of aryl methyl sites for hydroxylation is 1. The van der Waals surface area contributed by atoms with Crippen LogP contribution in [0.25, 0.3) is 5.69 Å². The maximum atomic E-state index is 13.4. The Kier molecular flexibility index (Phi) is 4.45. The molecule has 4 nitrogen and oxygen atoms in total. The van der Waals surface area contributed by atoms with Gasteiger partial charge in [-0.25, -0.2) is 4.98 Å². The molecule has 3 aromatic rings. The maximum Gasteiger partial charge on any atom is 0.416 e. The number of aromatic nitrogens is 2. The van der Waals surface area contributed by atoms with Crippen LogP contribution in [0.2, 0.25) is 0 Å². The Balaban J connectivity index is 2.03. The van der Waals surface area contributed by atoms with Crippen LogP contribution >= 0.6 is 0 Å².